The smallest absolute Gasteiger partial charge is 0.171 e. The van der Waals surface area contributed by atoms with Crippen molar-refractivity contribution in [3.63, 3.8) is 0 Å². The molecule has 1 unspecified atom stereocenters. The Morgan fingerprint density at radius 3 is 2.00 bits per heavy atom. The predicted molar refractivity (Wildman–Crippen MR) is 85.4 cm³/mol. The quantitative estimate of drug-likeness (QED) is 0.571. The van der Waals surface area contributed by atoms with E-state index in [2.05, 4.69) is 49.8 Å². The summed E-state index contributed by atoms with van der Waals surface area (Å²) in [5, 5.41) is 0.832. The first kappa shape index (κ1) is 17.6. The van der Waals surface area contributed by atoms with Gasteiger partial charge in [-0.3, -0.25) is 0 Å². The van der Waals surface area contributed by atoms with E-state index in [-0.39, 0.29) is 16.9 Å². The molecule has 19 heavy (non-hydrogen) atoms. The van der Waals surface area contributed by atoms with Gasteiger partial charge in [-0.05, 0) is 32.4 Å². The van der Waals surface area contributed by atoms with Gasteiger partial charge in [0.25, 0.3) is 0 Å². The first-order chi connectivity index (χ1) is 8.52. The number of halogens is 1. The van der Waals surface area contributed by atoms with E-state index < -0.39 is 14.8 Å². The lowest BCUT2D eigenvalue weighted by atomic mass is 9.72. The molecule has 0 radical (unpaired) electrons. The van der Waals surface area contributed by atoms with Crippen LogP contribution in [0.2, 0.25) is 13.1 Å². The Morgan fingerprint density at radius 2 is 1.68 bits per heavy atom. The monoisotopic (exact) mass is 352 g/mol. The molecule has 0 aromatic carbocycles. The van der Waals surface area contributed by atoms with Crippen LogP contribution in [0.4, 0.5) is 0 Å². The molecule has 0 bridgehead atoms. The van der Waals surface area contributed by atoms with E-state index in [1.807, 2.05) is 13.8 Å². The third-order valence-electron chi connectivity index (χ3n) is 3.43. The molecule has 0 aromatic rings. The zero-order chi connectivity index (χ0) is 14.9. The highest BCUT2D eigenvalue weighted by molar-refractivity contribution is 9.09. The standard InChI is InChI=1S/C14H29BrO3Si/c1-12(2,3)11(18-19(6)7)14(8-15)9-16-13(4,5)17-10-14/h11,19H,8-10H2,1-7H3. The molecule has 0 saturated carbocycles. The molecule has 0 aromatic heterocycles. The van der Waals surface area contributed by atoms with Crippen molar-refractivity contribution in [1.29, 1.82) is 0 Å². The number of alkyl halides is 1. The van der Waals surface area contributed by atoms with Gasteiger partial charge >= 0.3 is 0 Å². The second kappa shape index (κ2) is 6.14. The number of rotatable bonds is 4. The largest absolute Gasteiger partial charge is 0.416 e. The summed E-state index contributed by atoms with van der Waals surface area (Å²) in [4.78, 5) is 0. The number of hydrogen-bond donors (Lipinski definition) is 0. The van der Waals surface area contributed by atoms with E-state index in [0.29, 0.717) is 13.2 Å². The average molecular weight is 353 g/mol. The van der Waals surface area contributed by atoms with Gasteiger partial charge < -0.3 is 13.9 Å². The molecule has 5 heteroatoms. The molecule has 0 N–H and O–H groups in total. The summed E-state index contributed by atoms with van der Waals surface area (Å²) in [6, 6.07) is 0. The molecule has 1 fully saturated rings. The van der Waals surface area contributed by atoms with E-state index in [1.54, 1.807) is 0 Å². The number of ether oxygens (including phenoxy) is 2. The van der Waals surface area contributed by atoms with Crippen molar-refractivity contribution in [2.75, 3.05) is 18.5 Å². The Kier molecular flexibility index (Phi) is 5.70. The van der Waals surface area contributed by atoms with Gasteiger partial charge in [-0.2, -0.15) is 0 Å². The minimum absolute atomic E-state index is 0.0687. The van der Waals surface area contributed by atoms with Gasteiger partial charge in [0.05, 0.1) is 24.7 Å². The lowest BCUT2D eigenvalue weighted by molar-refractivity contribution is -0.298. The van der Waals surface area contributed by atoms with Gasteiger partial charge in [0.2, 0.25) is 0 Å². The maximum atomic E-state index is 6.37. The Labute approximate surface area is 128 Å². The summed E-state index contributed by atoms with van der Waals surface area (Å²) < 4.78 is 18.2. The fraction of sp³-hybridized carbons (Fsp3) is 1.00. The van der Waals surface area contributed by atoms with Crippen LogP contribution in [0.1, 0.15) is 34.6 Å². The minimum Gasteiger partial charge on any atom is -0.416 e. The molecule has 1 aliphatic rings. The lowest BCUT2D eigenvalue weighted by Gasteiger charge is -2.51. The van der Waals surface area contributed by atoms with Crippen molar-refractivity contribution in [3.8, 4) is 0 Å². The second-order valence-electron chi connectivity index (χ2n) is 7.40. The first-order valence-corrected chi connectivity index (χ1v) is 10.9. The molecular weight excluding hydrogens is 324 g/mol. The Bertz CT molecular complexity index is 290. The Hall–Kier alpha value is 0.577. The molecule has 0 aliphatic carbocycles. The van der Waals surface area contributed by atoms with Gasteiger partial charge in [0.15, 0.2) is 14.8 Å². The van der Waals surface area contributed by atoms with Crippen LogP contribution in [0.25, 0.3) is 0 Å². The summed E-state index contributed by atoms with van der Waals surface area (Å²) in [5.41, 5.74) is -0.0374. The molecule has 1 rings (SSSR count). The van der Waals surface area contributed by atoms with Crippen molar-refractivity contribution in [2.45, 2.75) is 59.6 Å². The van der Waals surface area contributed by atoms with Crippen LogP contribution in [-0.4, -0.2) is 39.5 Å². The number of hydrogen-bond acceptors (Lipinski definition) is 3. The third kappa shape index (κ3) is 4.53. The van der Waals surface area contributed by atoms with Crippen molar-refractivity contribution >= 4 is 25.0 Å². The van der Waals surface area contributed by atoms with Gasteiger partial charge in [-0.15, -0.1) is 0 Å². The normalized spacial score (nSPS) is 24.5. The van der Waals surface area contributed by atoms with E-state index >= 15 is 0 Å². The van der Waals surface area contributed by atoms with Crippen LogP contribution < -0.4 is 0 Å². The van der Waals surface area contributed by atoms with E-state index in [9.17, 15) is 0 Å². The molecule has 1 aliphatic heterocycles. The summed E-state index contributed by atoms with van der Waals surface area (Å²) in [7, 11) is -1.12. The topological polar surface area (TPSA) is 27.7 Å². The Morgan fingerprint density at radius 1 is 1.21 bits per heavy atom. The van der Waals surface area contributed by atoms with Crippen molar-refractivity contribution < 1.29 is 13.9 Å². The summed E-state index contributed by atoms with van der Waals surface area (Å²) in [6.45, 7) is 16.4. The van der Waals surface area contributed by atoms with Crippen LogP contribution in [0.3, 0.4) is 0 Å². The maximum Gasteiger partial charge on any atom is 0.171 e. The van der Waals surface area contributed by atoms with Crippen LogP contribution in [-0.2, 0) is 13.9 Å². The SMILES string of the molecule is C[SiH](C)OC(C(C)(C)C)C1(CBr)COC(C)(C)OC1. The summed E-state index contributed by atoms with van der Waals surface area (Å²) >= 11 is 3.66. The highest BCUT2D eigenvalue weighted by Crippen LogP contribution is 2.43. The van der Waals surface area contributed by atoms with Crippen molar-refractivity contribution in [1.82, 2.24) is 0 Å². The maximum absolute atomic E-state index is 6.37. The van der Waals surface area contributed by atoms with E-state index in [4.69, 9.17) is 13.9 Å². The van der Waals surface area contributed by atoms with Crippen molar-refractivity contribution in [2.24, 2.45) is 10.8 Å². The summed E-state index contributed by atoms with van der Waals surface area (Å²) in [5.74, 6) is -0.483. The summed E-state index contributed by atoms with van der Waals surface area (Å²) in [6.07, 6.45) is 0.141. The first-order valence-electron chi connectivity index (χ1n) is 7.02. The predicted octanol–water partition coefficient (Wildman–Crippen LogP) is 3.57. The van der Waals surface area contributed by atoms with E-state index in [0.717, 1.165) is 5.33 Å². The van der Waals surface area contributed by atoms with Gasteiger partial charge in [-0.1, -0.05) is 36.7 Å². The van der Waals surface area contributed by atoms with Crippen molar-refractivity contribution in [3.05, 3.63) is 0 Å². The zero-order valence-electron chi connectivity index (χ0n) is 13.4. The molecular formula is C14H29BrO3Si. The second-order valence-corrected chi connectivity index (χ2v) is 10.3. The highest BCUT2D eigenvalue weighted by Gasteiger charge is 2.50. The molecule has 114 valence electrons. The van der Waals surface area contributed by atoms with Gasteiger partial charge in [0, 0.05) is 5.33 Å². The molecule has 1 heterocycles. The molecule has 1 saturated heterocycles. The van der Waals surface area contributed by atoms with Crippen LogP contribution in [0, 0.1) is 10.8 Å². The zero-order valence-corrected chi connectivity index (χ0v) is 16.1. The molecule has 3 nitrogen and oxygen atoms in total. The average Bonchev–Trinajstić information content (AvgIpc) is 2.26. The Balaban J connectivity index is 2.97. The molecule has 0 spiro atoms. The fourth-order valence-corrected chi connectivity index (χ4v) is 4.42. The van der Waals surface area contributed by atoms with Gasteiger partial charge in [0.1, 0.15) is 0 Å². The third-order valence-corrected chi connectivity index (χ3v) is 5.36. The lowest BCUT2D eigenvalue weighted by Crippen LogP contribution is -2.58. The highest BCUT2D eigenvalue weighted by atomic mass is 79.9. The molecule has 1 atom stereocenters. The minimum atomic E-state index is -1.12. The molecule has 0 amide bonds. The van der Waals surface area contributed by atoms with Gasteiger partial charge in [-0.25, -0.2) is 0 Å². The van der Waals surface area contributed by atoms with Crippen LogP contribution >= 0.6 is 15.9 Å². The fourth-order valence-electron chi connectivity index (χ4n) is 2.56. The van der Waals surface area contributed by atoms with Crippen LogP contribution in [0.5, 0.6) is 0 Å². The van der Waals surface area contributed by atoms with Crippen LogP contribution in [0.15, 0.2) is 0 Å². The van der Waals surface area contributed by atoms with E-state index in [1.165, 1.54) is 0 Å².